The molecule has 1 saturated carbocycles. The highest BCUT2D eigenvalue weighted by atomic mass is 16.6. The lowest BCUT2D eigenvalue weighted by atomic mass is 9.64. The zero-order chi connectivity index (χ0) is 14.9. The van der Waals surface area contributed by atoms with Crippen molar-refractivity contribution in [2.75, 3.05) is 0 Å². The maximum absolute atomic E-state index is 9.33. The highest BCUT2D eigenvalue weighted by Crippen LogP contribution is 2.65. The molecule has 0 aromatic carbocycles. The number of epoxide rings is 1. The molecule has 4 heteroatoms. The number of carbonyl (C=O) groups is 1. The van der Waals surface area contributed by atoms with Crippen LogP contribution in [0.5, 0.6) is 0 Å². The van der Waals surface area contributed by atoms with Gasteiger partial charge in [0.15, 0.2) is 0 Å². The van der Waals surface area contributed by atoms with E-state index in [1.54, 1.807) is 6.92 Å². The summed E-state index contributed by atoms with van der Waals surface area (Å²) >= 11 is 0. The van der Waals surface area contributed by atoms with Crippen molar-refractivity contribution in [2.24, 2.45) is 5.41 Å². The molecule has 110 valence electrons. The second-order valence-electron chi connectivity index (χ2n) is 6.42. The van der Waals surface area contributed by atoms with Crippen molar-refractivity contribution in [3.05, 3.63) is 12.2 Å². The molecule has 0 bridgehead atoms. The summed E-state index contributed by atoms with van der Waals surface area (Å²) in [5.74, 6) is -0.833. The fraction of sp³-hybridized carbons (Fsp3) is 0.800. The van der Waals surface area contributed by atoms with E-state index in [2.05, 4.69) is 26.8 Å². The topological polar surface area (TPSA) is 70.1 Å². The van der Waals surface area contributed by atoms with Crippen molar-refractivity contribution in [1.82, 2.24) is 0 Å². The van der Waals surface area contributed by atoms with Crippen LogP contribution in [0.4, 0.5) is 0 Å². The summed E-state index contributed by atoms with van der Waals surface area (Å²) in [5, 5.41) is 16.7. The molecule has 0 aromatic rings. The summed E-state index contributed by atoms with van der Waals surface area (Å²) in [6.45, 7) is 9.59. The summed E-state index contributed by atoms with van der Waals surface area (Å²) in [4.78, 5) is 9.00. The molecule has 3 unspecified atom stereocenters. The van der Waals surface area contributed by atoms with Gasteiger partial charge in [0.1, 0.15) is 5.60 Å². The second-order valence-corrected chi connectivity index (χ2v) is 6.42. The van der Waals surface area contributed by atoms with Crippen LogP contribution in [0.1, 0.15) is 53.9 Å². The smallest absolute Gasteiger partial charge is 0.300 e. The molecular formula is C15H26O4. The minimum absolute atomic E-state index is 0.0140. The van der Waals surface area contributed by atoms with E-state index in [0.29, 0.717) is 0 Å². The molecule has 1 aliphatic heterocycles. The van der Waals surface area contributed by atoms with Crippen LogP contribution in [-0.4, -0.2) is 33.5 Å². The van der Waals surface area contributed by atoms with Gasteiger partial charge in [-0.3, -0.25) is 4.79 Å². The van der Waals surface area contributed by atoms with Gasteiger partial charge in [-0.25, -0.2) is 0 Å². The van der Waals surface area contributed by atoms with Gasteiger partial charge >= 0.3 is 0 Å². The fourth-order valence-corrected chi connectivity index (χ4v) is 3.18. The second kappa shape index (κ2) is 5.25. The Labute approximate surface area is 115 Å². The third-order valence-electron chi connectivity index (χ3n) is 4.20. The maximum Gasteiger partial charge on any atom is 0.300 e. The summed E-state index contributed by atoms with van der Waals surface area (Å²) in [6.07, 6.45) is 7.15. The van der Waals surface area contributed by atoms with Crippen molar-refractivity contribution in [3.63, 3.8) is 0 Å². The number of hydrogen-bond donors (Lipinski definition) is 2. The van der Waals surface area contributed by atoms with Crippen LogP contribution in [0.25, 0.3) is 0 Å². The van der Waals surface area contributed by atoms with Crippen LogP contribution in [0.15, 0.2) is 12.2 Å². The van der Waals surface area contributed by atoms with E-state index < -0.39 is 5.97 Å². The molecule has 0 aromatic heterocycles. The van der Waals surface area contributed by atoms with Crippen molar-refractivity contribution in [2.45, 2.75) is 71.2 Å². The number of aliphatic hydroxyl groups excluding tert-OH is 1. The zero-order valence-electron chi connectivity index (χ0n) is 12.6. The van der Waals surface area contributed by atoms with Crippen LogP contribution < -0.4 is 0 Å². The third kappa shape index (κ3) is 3.18. The Hall–Kier alpha value is -0.870. The molecule has 2 aliphatic rings. The molecule has 2 fully saturated rings. The summed E-state index contributed by atoms with van der Waals surface area (Å²) in [6, 6.07) is 0. The van der Waals surface area contributed by atoms with Gasteiger partial charge in [0.05, 0.1) is 11.7 Å². The number of aliphatic hydroxyl groups is 1. The highest BCUT2D eigenvalue weighted by molar-refractivity contribution is 5.62. The van der Waals surface area contributed by atoms with Crippen LogP contribution in [-0.2, 0) is 9.53 Å². The Morgan fingerprint density at radius 1 is 1.32 bits per heavy atom. The molecule has 0 radical (unpaired) electrons. The first-order valence-corrected chi connectivity index (χ1v) is 6.83. The first kappa shape index (κ1) is 16.2. The molecule has 0 spiro atoms. The molecule has 1 heterocycles. The molecule has 2 N–H and O–H groups in total. The predicted octanol–water partition coefficient (Wildman–Crippen LogP) is 2.75. The number of ether oxygens (including phenoxy) is 1. The van der Waals surface area contributed by atoms with Gasteiger partial charge in [-0.2, -0.15) is 0 Å². The number of carboxylic acids is 1. The molecule has 1 saturated heterocycles. The van der Waals surface area contributed by atoms with Crippen LogP contribution >= 0.6 is 0 Å². The maximum atomic E-state index is 9.33. The van der Waals surface area contributed by atoms with Gasteiger partial charge in [-0.15, -0.1) is 0 Å². The Kier molecular flexibility index (Phi) is 4.47. The molecule has 19 heavy (non-hydrogen) atoms. The SMILES string of the molecule is CC(=O)O.CC(O)C=CC12OC1(C)CCCC2(C)C. The van der Waals surface area contributed by atoms with E-state index in [1.807, 2.05) is 6.08 Å². The van der Waals surface area contributed by atoms with Gasteiger partial charge in [0, 0.05) is 12.3 Å². The van der Waals surface area contributed by atoms with E-state index in [-0.39, 0.29) is 22.7 Å². The summed E-state index contributed by atoms with van der Waals surface area (Å²) < 4.78 is 6.02. The first-order chi connectivity index (χ1) is 8.56. The number of aliphatic carboxylic acids is 1. The Balaban J connectivity index is 0.000000399. The molecule has 2 rings (SSSR count). The van der Waals surface area contributed by atoms with E-state index in [9.17, 15) is 5.11 Å². The Morgan fingerprint density at radius 2 is 1.84 bits per heavy atom. The largest absolute Gasteiger partial charge is 0.481 e. The van der Waals surface area contributed by atoms with Crippen molar-refractivity contribution < 1.29 is 19.7 Å². The molecule has 0 amide bonds. The first-order valence-electron chi connectivity index (χ1n) is 6.83. The summed E-state index contributed by atoms with van der Waals surface area (Å²) in [7, 11) is 0. The molecule has 3 atom stereocenters. The predicted molar refractivity (Wildman–Crippen MR) is 74.0 cm³/mol. The number of carboxylic acid groups (broad SMARTS) is 1. The monoisotopic (exact) mass is 270 g/mol. The molecule has 4 nitrogen and oxygen atoms in total. The Morgan fingerprint density at radius 3 is 2.26 bits per heavy atom. The molecule has 1 aliphatic carbocycles. The number of hydrogen-bond acceptors (Lipinski definition) is 3. The van der Waals surface area contributed by atoms with E-state index in [1.165, 1.54) is 12.8 Å². The minimum Gasteiger partial charge on any atom is -0.481 e. The number of fused-ring (bicyclic) bond motifs is 1. The quantitative estimate of drug-likeness (QED) is 0.598. The normalized spacial score (nSPS) is 36.9. The minimum atomic E-state index is -0.833. The van der Waals surface area contributed by atoms with Gasteiger partial charge in [-0.1, -0.05) is 26.0 Å². The molecular weight excluding hydrogens is 244 g/mol. The van der Waals surface area contributed by atoms with E-state index in [0.717, 1.165) is 13.3 Å². The fourth-order valence-electron chi connectivity index (χ4n) is 3.18. The van der Waals surface area contributed by atoms with Crippen molar-refractivity contribution in [3.8, 4) is 0 Å². The van der Waals surface area contributed by atoms with Gasteiger partial charge in [0.25, 0.3) is 5.97 Å². The standard InChI is InChI=1S/C13H22O2.C2H4O2/c1-10(14)6-9-13-11(2,3)7-5-8-12(13,4)15-13;1-2(3)4/h6,9-10,14H,5,7-8H2,1-4H3;1H3,(H,3,4). The van der Waals surface area contributed by atoms with Gasteiger partial charge in [0.2, 0.25) is 0 Å². The Bertz CT molecular complexity index is 368. The highest BCUT2D eigenvalue weighted by Gasteiger charge is 2.73. The lowest BCUT2D eigenvalue weighted by Crippen LogP contribution is -2.41. The van der Waals surface area contributed by atoms with Crippen molar-refractivity contribution >= 4 is 5.97 Å². The number of rotatable bonds is 2. The van der Waals surface area contributed by atoms with Crippen LogP contribution in [0.3, 0.4) is 0 Å². The van der Waals surface area contributed by atoms with Crippen LogP contribution in [0, 0.1) is 5.41 Å². The van der Waals surface area contributed by atoms with Gasteiger partial charge < -0.3 is 14.9 Å². The average Bonchev–Trinajstić information content (AvgIpc) is 2.82. The van der Waals surface area contributed by atoms with E-state index >= 15 is 0 Å². The summed E-state index contributed by atoms with van der Waals surface area (Å²) in [5.41, 5.74) is 0.0702. The van der Waals surface area contributed by atoms with Gasteiger partial charge in [-0.05, 0) is 33.1 Å². The van der Waals surface area contributed by atoms with Crippen molar-refractivity contribution in [1.29, 1.82) is 0 Å². The zero-order valence-corrected chi connectivity index (χ0v) is 12.6. The lowest BCUT2D eigenvalue weighted by Gasteiger charge is -2.36. The van der Waals surface area contributed by atoms with Crippen LogP contribution in [0.2, 0.25) is 0 Å². The van der Waals surface area contributed by atoms with E-state index in [4.69, 9.17) is 14.6 Å². The average molecular weight is 270 g/mol. The lowest BCUT2D eigenvalue weighted by molar-refractivity contribution is -0.134. The third-order valence-corrected chi connectivity index (χ3v) is 4.20.